The van der Waals surface area contributed by atoms with Crippen molar-refractivity contribution in [2.24, 2.45) is 10.9 Å². The first-order valence-electron chi connectivity index (χ1n) is 8.22. The molecule has 0 spiro atoms. The summed E-state index contributed by atoms with van der Waals surface area (Å²) in [6.07, 6.45) is 5.16. The summed E-state index contributed by atoms with van der Waals surface area (Å²) in [4.78, 5) is 4.97. The Kier molecular flexibility index (Phi) is 6.04. The second kappa shape index (κ2) is 7.81. The van der Waals surface area contributed by atoms with Crippen molar-refractivity contribution >= 4 is 15.8 Å². The SMILES string of the molecule is CCNC(=NCc1ccc(S(C)(=O)=O)c(C)c1)NCCC1CC1. The molecule has 1 saturated carbocycles. The number of aliphatic imine (C=N–C) groups is 1. The molecule has 0 saturated heterocycles. The van der Waals surface area contributed by atoms with E-state index in [1.54, 1.807) is 6.07 Å². The molecule has 2 rings (SSSR count). The molecule has 0 aromatic heterocycles. The van der Waals surface area contributed by atoms with Crippen LogP contribution >= 0.6 is 0 Å². The first-order valence-corrected chi connectivity index (χ1v) is 10.1. The van der Waals surface area contributed by atoms with Gasteiger partial charge >= 0.3 is 0 Å². The highest BCUT2D eigenvalue weighted by atomic mass is 32.2. The molecule has 0 aliphatic heterocycles. The smallest absolute Gasteiger partial charge is 0.191 e. The van der Waals surface area contributed by atoms with Gasteiger partial charge in [0.25, 0.3) is 0 Å². The standard InChI is InChI=1S/C17H27N3O2S/c1-4-18-17(19-10-9-14-5-6-14)20-12-15-7-8-16(13(2)11-15)23(3,21)22/h7-8,11,14H,4-6,9-10,12H2,1-3H3,(H2,18,19,20). The average Bonchev–Trinajstić information content (AvgIpc) is 3.27. The molecule has 0 heterocycles. The normalized spacial score (nSPS) is 15.5. The molecule has 6 heteroatoms. The summed E-state index contributed by atoms with van der Waals surface area (Å²) in [5.74, 6) is 1.72. The van der Waals surface area contributed by atoms with Crippen LogP contribution in [0.15, 0.2) is 28.1 Å². The minimum absolute atomic E-state index is 0.389. The maximum absolute atomic E-state index is 11.6. The van der Waals surface area contributed by atoms with Gasteiger partial charge in [-0.3, -0.25) is 0 Å². The number of guanidine groups is 1. The van der Waals surface area contributed by atoms with E-state index < -0.39 is 9.84 Å². The molecule has 2 N–H and O–H groups in total. The van der Waals surface area contributed by atoms with Gasteiger partial charge in [0.15, 0.2) is 15.8 Å². The summed E-state index contributed by atoms with van der Waals surface area (Å²) < 4.78 is 23.3. The van der Waals surface area contributed by atoms with Crippen LogP contribution in [0.3, 0.4) is 0 Å². The van der Waals surface area contributed by atoms with E-state index >= 15 is 0 Å². The zero-order valence-electron chi connectivity index (χ0n) is 14.2. The van der Waals surface area contributed by atoms with Crippen LogP contribution in [0, 0.1) is 12.8 Å². The molecule has 1 aliphatic carbocycles. The lowest BCUT2D eigenvalue weighted by atomic mass is 10.1. The molecule has 0 bridgehead atoms. The summed E-state index contributed by atoms with van der Waals surface area (Å²) in [5.41, 5.74) is 1.78. The lowest BCUT2D eigenvalue weighted by Gasteiger charge is -2.11. The molecular formula is C17H27N3O2S. The first-order chi connectivity index (χ1) is 10.9. The lowest BCUT2D eigenvalue weighted by Crippen LogP contribution is -2.37. The molecule has 128 valence electrons. The van der Waals surface area contributed by atoms with Crippen LogP contribution in [-0.2, 0) is 16.4 Å². The molecular weight excluding hydrogens is 310 g/mol. The van der Waals surface area contributed by atoms with E-state index in [0.717, 1.165) is 36.1 Å². The van der Waals surface area contributed by atoms with E-state index in [1.165, 1.54) is 25.5 Å². The topological polar surface area (TPSA) is 70.6 Å². The fraction of sp³-hybridized carbons (Fsp3) is 0.588. The van der Waals surface area contributed by atoms with Crippen LogP contribution in [0.1, 0.15) is 37.3 Å². The summed E-state index contributed by atoms with van der Waals surface area (Å²) in [6.45, 7) is 6.17. The summed E-state index contributed by atoms with van der Waals surface area (Å²) in [6, 6.07) is 5.40. The van der Waals surface area contributed by atoms with Crippen molar-refractivity contribution in [2.45, 2.75) is 44.6 Å². The van der Waals surface area contributed by atoms with Gasteiger partial charge in [0.1, 0.15) is 0 Å². The maximum atomic E-state index is 11.6. The number of rotatable bonds is 7. The quantitative estimate of drug-likeness (QED) is 0.591. The van der Waals surface area contributed by atoms with Gasteiger partial charge in [-0.1, -0.05) is 25.0 Å². The van der Waals surface area contributed by atoms with Gasteiger partial charge < -0.3 is 10.6 Å². The minimum atomic E-state index is -3.16. The van der Waals surface area contributed by atoms with Crippen LogP contribution in [0.2, 0.25) is 0 Å². The van der Waals surface area contributed by atoms with Gasteiger partial charge in [-0.15, -0.1) is 0 Å². The monoisotopic (exact) mass is 337 g/mol. The molecule has 1 aromatic carbocycles. The Bertz CT molecular complexity index is 664. The van der Waals surface area contributed by atoms with Crippen molar-refractivity contribution in [2.75, 3.05) is 19.3 Å². The number of nitrogens with zero attached hydrogens (tertiary/aromatic N) is 1. The highest BCUT2D eigenvalue weighted by molar-refractivity contribution is 7.90. The second-order valence-electron chi connectivity index (χ2n) is 6.23. The fourth-order valence-corrected chi connectivity index (χ4v) is 3.50. The molecule has 1 aliphatic rings. The fourth-order valence-electron chi connectivity index (χ4n) is 2.54. The Labute approximate surface area is 139 Å². The Hall–Kier alpha value is -1.56. The lowest BCUT2D eigenvalue weighted by molar-refractivity contribution is 0.601. The van der Waals surface area contributed by atoms with Crippen molar-refractivity contribution in [3.63, 3.8) is 0 Å². The predicted molar refractivity (Wildman–Crippen MR) is 94.4 cm³/mol. The van der Waals surface area contributed by atoms with Crippen molar-refractivity contribution in [1.82, 2.24) is 10.6 Å². The van der Waals surface area contributed by atoms with E-state index in [1.807, 2.05) is 26.0 Å². The largest absolute Gasteiger partial charge is 0.357 e. The van der Waals surface area contributed by atoms with Crippen molar-refractivity contribution in [1.29, 1.82) is 0 Å². The highest BCUT2D eigenvalue weighted by Crippen LogP contribution is 2.31. The molecule has 23 heavy (non-hydrogen) atoms. The number of aryl methyl sites for hydroxylation is 1. The zero-order chi connectivity index (χ0) is 16.9. The number of hydrogen-bond acceptors (Lipinski definition) is 3. The second-order valence-corrected chi connectivity index (χ2v) is 8.21. The molecule has 0 unspecified atom stereocenters. The third-order valence-electron chi connectivity index (χ3n) is 3.94. The van der Waals surface area contributed by atoms with E-state index in [0.29, 0.717) is 11.4 Å². The van der Waals surface area contributed by atoms with Crippen LogP contribution < -0.4 is 10.6 Å². The van der Waals surface area contributed by atoms with E-state index in [4.69, 9.17) is 0 Å². The van der Waals surface area contributed by atoms with Crippen LogP contribution in [0.25, 0.3) is 0 Å². The Morgan fingerprint density at radius 1 is 1.30 bits per heavy atom. The molecule has 1 aromatic rings. The van der Waals surface area contributed by atoms with Gasteiger partial charge in [0.05, 0.1) is 11.4 Å². The van der Waals surface area contributed by atoms with Crippen LogP contribution in [0.4, 0.5) is 0 Å². The van der Waals surface area contributed by atoms with Gasteiger partial charge in [0, 0.05) is 19.3 Å². The summed E-state index contributed by atoms with van der Waals surface area (Å²) >= 11 is 0. The molecule has 5 nitrogen and oxygen atoms in total. The molecule has 0 atom stereocenters. The Morgan fingerprint density at radius 2 is 2.04 bits per heavy atom. The summed E-state index contributed by atoms with van der Waals surface area (Å²) in [7, 11) is -3.16. The van der Waals surface area contributed by atoms with Crippen molar-refractivity contribution in [3.05, 3.63) is 29.3 Å². The first kappa shape index (κ1) is 17.8. The third kappa shape index (κ3) is 5.86. The predicted octanol–water partition coefficient (Wildman–Crippen LogP) is 2.25. The number of hydrogen-bond donors (Lipinski definition) is 2. The Morgan fingerprint density at radius 3 is 2.61 bits per heavy atom. The van der Waals surface area contributed by atoms with Crippen molar-refractivity contribution < 1.29 is 8.42 Å². The van der Waals surface area contributed by atoms with E-state index in [2.05, 4.69) is 15.6 Å². The average molecular weight is 337 g/mol. The van der Waals surface area contributed by atoms with Crippen molar-refractivity contribution in [3.8, 4) is 0 Å². The third-order valence-corrected chi connectivity index (χ3v) is 5.20. The Balaban J connectivity index is 1.98. The zero-order valence-corrected chi connectivity index (χ0v) is 15.0. The molecule has 0 amide bonds. The molecule has 0 radical (unpaired) electrons. The van der Waals surface area contributed by atoms with Gasteiger partial charge in [-0.05, 0) is 43.4 Å². The molecule has 1 fully saturated rings. The summed E-state index contributed by atoms with van der Waals surface area (Å²) in [5, 5.41) is 6.60. The van der Waals surface area contributed by atoms with Gasteiger partial charge in [-0.2, -0.15) is 0 Å². The van der Waals surface area contributed by atoms with Crippen LogP contribution in [-0.4, -0.2) is 33.7 Å². The van der Waals surface area contributed by atoms with Crippen LogP contribution in [0.5, 0.6) is 0 Å². The van der Waals surface area contributed by atoms with E-state index in [9.17, 15) is 8.42 Å². The van der Waals surface area contributed by atoms with Gasteiger partial charge in [-0.25, -0.2) is 13.4 Å². The maximum Gasteiger partial charge on any atom is 0.191 e. The number of sulfone groups is 1. The minimum Gasteiger partial charge on any atom is -0.357 e. The number of nitrogens with one attached hydrogen (secondary N) is 2. The van der Waals surface area contributed by atoms with E-state index in [-0.39, 0.29) is 0 Å². The number of benzene rings is 1. The van der Waals surface area contributed by atoms with Gasteiger partial charge in [0.2, 0.25) is 0 Å². The highest BCUT2D eigenvalue weighted by Gasteiger charge is 2.20.